The standard InChI is InChI=1S/C17H16ClNO5S/c1-25(22,23)11-12-2-4-13(5-3-12)17(21)24-10-16(20)19-15-8-6-14(18)7-9-15/h2-9H,10-11H2,1H3,(H,19,20). The normalized spacial score (nSPS) is 11.0. The Bertz CT molecular complexity index is 861. The minimum absolute atomic E-state index is 0.105. The topological polar surface area (TPSA) is 89.5 Å². The maximum Gasteiger partial charge on any atom is 0.338 e. The number of carbonyl (C=O) groups excluding carboxylic acids is 2. The van der Waals surface area contributed by atoms with E-state index < -0.39 is 28.3 Å². The van der Waals surface area contributed by atoms with Crippen LogP contribution in [0.25, 0.3) is 0 Å². The first kappa shape index (κ1) is 19.0. The molecule has 2 aromatic carbocycles. The van der Waals surface area contributed by atoms with Gasteiger partial charge in [-0.15, -0.1) is 0 Å². The average Bonchev–Trinajstić information content (AvgIpc) is 2.54. The van der Waals surface area contributed by atoms with E-state index in [-0.39, 0.29) is 11.3 Å². The van der Waals surface area contributed by atoms with Gasteiger partial charge in [0.15, 0.2) is 16.4 Å². The lowest BCUT2D eigenvalue weighted by Crippen LogP contribution is -2.20. The van der Waals surface area contributed by atoms with Crippen LogP contribution in [-0.2, 0) is 25.1 Å². The van der Waals surface area contributed by atoms with E-state index >= 15 is 0 Å². The van der Waals surface area contributed by atoms with Crippen molar-refractivity contribution in [3.8, 4) is 0 Å². The highest BCUT2D eigenvalue weighted by molar-refractivity contribution is 7.89. The Morgan fingerprint density at radius 2 is 1.64 bits per heavy atom. The molecule has 1 N–H and O–H groups in total. The van der Waals surface area contributed by atoms with Gasteiger partial charge in [0, 0.05) is 17.0 Å². The number of hydrogen-bond acceptors (Lipinski definition) is 5. The number of rotatable bonds is 6. The third kappa shape index (κ3) is 6.56. The van der Waals surface area contributed by atoms with Gasteiger partial charge < -0.3 is 10.1 Å². The Kier molecular flexibility index (Phi) is 6.17. The first-order valence-corrected chi connectivity index (χ1v) is 9.66. The van der Waals surface area contributed by atoms with Gasteiger partial charge in [-0.05, 0) is 42.0 Å². The fraction of sp³-hybridized carbons (Fsp3) is 0.176. The van der Waals surface area contributed by atoms with Gasteiger partial charge in [-0.1, -0.05) is 23.7 Å². The van der Waals surface area contributed by atoms with Crippen LogP contribution in [0.1, 0.15) is 15.9 Å². The van der Waals surface area contributed by atoms with E-state index in [0.717, 1.165) is 6.26 Å². The van der Waals surface area contributed by atoms with Crippen molar-refractivity contribution in [2.75, 3.05) is 18.2 Å². The van der Waals surface area contributed by atoms with E-state index in [0.29, 0.717) is 16.3 Å². The Morgan fingerprint density at radius 3 is 2.20 bits per heavy atom. The quantitative estimate of drug-likeness (QED) is 0.777. The Balaban J connectivity index is 1.87. The Labute approximate surface area is 150 Å². The summed E-state index contributed by atoms with van der Waals surface area (Å²) in [5.74, 6) is -1.26. The molecule has 0 saturated heterocycles. The van der Waals surface area contributed by atoms with Gasteiger partial charge in [0.25, 0.3) is 5.91 Å². The lowest BCUT2D eigenvalue weighted by molar-refractivity contribution is -0.119. The fourth-order valence-corrected chi connectivity index (χ4v) is 2.91. The summed E-state index contributed by atoms with van der Waals surface area (Å²) in [5.41, 5.74) is 1.34. The molecule has 0 aromatic heterocycles. The summed E-state index contributed by atoms with van der Waals surface area (Å²) in [6.07, 6.45) is 1.13. The molecule has 0 heterocycles. The molecular formula is C17H16ClNO5S. The van der Waals surface area contributed by atoms with E-state index in [9.17, 15) is 18.0 Å². The van der Waals surface area contributed by atoms with Crippen molar-refractivity contribution < 1.29 is 22.7 Å². The van der Waals surface area contributed by atoms with Gasteiger partial charge in [0.1, 0.15) is 0 Å². The molecule has 0 unspecified atom stereocenters. The Morgan fingerprint density at radius 1 is 1.04 bits per heavy atom. The number of hydrogen-bond donors (Lipinski definition) is 1. The Hall–Kier alpha value is -2.38. The SMILES string of the molecule is CS(=O)(=O)Cc1ccc(C(=O)OCC(=O)Nc2ccc(Cl)cc2)cc1. The molecule has 0 aliphatic rings. The first-order valence-electron chi connectivity index (χ1n) is 7.22. The van der Waals surface area contributed by atoms with Gasteiger partial charge in [0.2, 0.25) is 0 Å². The van der Waals surface area contributed by atoms with Crippen molar-refractivity contribution in [2.45, 2.75) is 5.75 Å². The lowest BCUT2D eigenvalue weighted by atomic mass is 10.1. The van der Waals surface area contributed by atoms with E-state index in [4.69, 9.17) is 16.3 Å². The van der Waals surface area contributed by atoms with E-state index in [1.165, 1.54) is 24.3 Å². The molecule has 2 rings (SSSR count). The zero-order valence-corrected chi connectivity index (χ0v) is 14.9. The van der Waals surface area contributed by atoms with Crippen LogP contribution >= 0.6 is 11.6 Å². The number of carbonyl (C=O) groups is 2. The van der Waals surface area contributed by atoms with Crippen LogP contribution in [0.3, 0.4) is 0 Å². The van der Waals surface area contributed by atoms with Gasteiger partial charge in [0.05, 0.1) is 11.3 Å². The maximum atomic E-state index is 11.9. The monoisotopic (exact) mass is 381 g/mol. The molecule has 0 spiro atoms. The highest BCUT2D eigenvalue weighted by Crippen LogP contribution is 2.13. The summed E-state index contributed by atoms with van der Waals surface area (Å²) in [4.78, 5) is 23.7. The molecule has 1 amide bonds. The molecule has 0 saturated carbocycles. The molecule has 0 fully saturated rings. The van der Waals surface area contributed by atoms with E-state index in [2.05, 4.69) is 5.32 Å². The van der Waals surface area contributed by atoms with Crippen LogP contribution in [0.4, 0.5) is 5.69 Å². The van der Waals surface area contributed by atoms with Crippen LogP contribution in [0, 0.1) is 0 Å². The first-order chi connectivity index (χ1) is 11.7. The third-order valence-corrected chi connectivity index (χ3v) is 4.19. The molecule has 0 atom stereocenters. The highest BCUT2D eigenvalue weighted by Gasteiger charge is 2.11. The highest BCUT2D eigenvalue weighted by atomic mass is 35.5. The second-order valence-corrected chi connectivity index (χ2v) is 7.97. The summed E-state index contributed by atoms with van der Waals surface area (Å²) < 4.78 is 27.4. The number of esters is 1. The molecule has 0 bridgehead atoms. The van der Waals surface area contributed by atoms with Crippen molar-refractivity contribution in [3.05, 3.63) is 64.7 Å². The van der Waals surface area contributed by atoms with Crippen LogP contribution in [0.15, 0.2) is 48.5 Å². The predicted octanol–water partition coefficient (Wildman–Crippen LogP) is 2.68. The van der Waals surface area contributed by atoms with Crippen molar-refractivity contribution >= 4 is 39.0 Å². The van der Waals surface area contributed by atoms with Crippen molar-refractivity contribution in [2.24, 2.45) is 0 Å². The summed E-state index contributed by atoms with van der Waals surface area (Å²) in [5, 5.41) is 3.11. The number of amides is 1. The third-order valence-electron chi connectivity index (χ3n) is 3.08. The fourth-order valence-electron chi connectivity index (χ4n) is 1.98. The van der Waals surface area contributed by atoms with Crippen LogP contribution in [-0.4, -0.2) is 33.2 Å². The second kappa shape index (κ2) is 8.13. The molecule has 132 valence electrons. The minimum atomic E-state index is -3.14. The lowest BCUT2D eigenvalue weighted by Gasteiger charge is -2.07. The van der Waals surface area contributed by atoms with Crippen molar-refractivity contribution in [1.82, 2.24) is 0 Å². The van der Waals surface area contributed by atoms with Gasteiger partial charge >= 0.3 is 5.97 Å². The average molecular weight is 382 g/mol. The van der Waals surface area contributed by atoms with Crippen LogP contribution in [0.5, 0.6) is 0 Å². The number of anilines is 1. The number of sulfone groups is 1. The zero-order valence-electron chi connectivity index (χ0n) is 13.4. The van der Waals surface area contributed by atoms with Crippen LogP contribution < -0.4 is 5.32 Å². The largest absolute Gasteiger partial charge is 0.452 e. The summed E-state index contributed by atoms with van der Waals surface area (Å²) in [6.45, 7) is -0.438. The molecule has 0 radical (unpaired) electrons. The van der Waals surface area contributed by atoms with Gasteiger partial charge in [-0.2, -0.15) is 0 Å². The van der Waals surface area contributed by atoms with Gasteiger partial charge in [-0.3, -0.25) is 4.79 Å². The number of nitrogens with one attached hydrogen (secondary N) is 1. The van der Waals surface area contributed by atoms with E-state index in [1.807, 2.05) is 0 Å². The maximum absolute atomic E-state index is 11.9. The molecular weight excluding hydrogens is 366 g/mol. The molecule has 0 aliphatic carbocycles. The minimum Gasteiger partial charge on any atom is -0.452 e. The predicted molar refractivity (Wildman–Crippen MR) is 95.4 cm³/mol. The molecule has 25 heavy (non-hydrogen) atoms. The van der Waals surface area contributed by atoms with Crippen LogP contribution in [0.2, 0.25) is 5.02 Å². The summed E-state index contributed by atoms with van der Waals surface area (Å²) in [7, 11) is -3.14. The number of ether oxygens (including phenoxy) is 1. The molecule has 6 nitrogen and oxygen atoms in total. The summed E-state index contributed by atoms with van der Waals surface area (Å²) >= 11 is 5.75. The molecule has 8 heteroatoms. The van der Waals surface area contributed by atoms with E-state index in [1.54, 1.807) is 24.3 Å². The molecule has 2 aromatic rings. The smallest absolute Gasteiger partial charge is 0.338 e. The number of benzene rings is 2. The zero-order chi connectivity index (χ0) is 18.4. The second-order valence-electron chi connectivity index (χ2n) is 5.40. The summed E-state index contributed by atoms with van der Waals surface area (Å²) in [6, 6.07) is 12.5. The number of halogens is 1. The van der Waals surface area contributed by atoms with Crippen molar-refractivity contribution in [1.29, 1.82) is 0 Å². The van der Waals surface area contributed by atoms with Gasteiger partial charge in [-0.25, -0.2) is 13.2 Å². The van der Waals surface area contributed by atoms with Crippen molar-refractivity contribution in [3.63, 3.8) is 0 Å². The molecule has 0 aliphatic heterocycles.